The monoisotopic (exact) mass is 888 g/mol. The van der Waals surface area contributed by atoms with Crippen molar-refractivity contribution in [1.82, 2.24) is 5.32 Å². The molecule has 6 heteroatoms. The zero-order valence-electron chi connectivity index (χ0n) is 42.3. The molecule has 0 saturated carbocycles. The molecular weight excluding hydrogens is 779 g/mol. The number of amides is 1. The van der Waals surface area contributed by atoms with E-state index in [0.717, 1.165) is 44.9 Å². The van der Waals surface area contributed by atoms with Gasteiger partial charge in [0.05, 0.1) is 25.4 Å². The molecule has 1 amide bonds. The van der Waals surface area contributed by atoms with E-state index in [4.69, 9.17) is 4.74 Å². The summed E-state index contributed by atoms with van der Waals surface area (Å²) >= 11 is 0. The maximum absolute atomic E-state index is 12.4. The van der Waals surface area contributed by atoms with Crippen molar-refractivity contribution < 1.29 is 24.5 Å². The number of esters is 1. The lowest BCUT2D eigenvalue weighted by Crippen LogP contribution is -2.45. The molecule has 6 nitrogen and oxygen atoms in total. The van der Waals surface area contributed by atoms with Crippen molar-refractivity contribution in [1.29, 1.82) is 0 Å². The van der Waals surface area contributed by atoms with Crippen molar-refractivity contribution in [2.75, 3.05) is 13.2 Å². The smallest absolute Gasteiger partial charge is 0.305 e. The minimum Gasteiger partial charge on any atom is -0.466 e. The van der Waals surface area contributed by atoms with E-state index < -0.39 is 12.1 Å². The summed E-state index contributed by atoms with van der Waals surface area (Å²) in [5.74, 6) is -0.0425. The molecule has 0 radical (unpaired) electrons. The fourth-order valence-corrected chi connectivity index (χ4v) is 8.63. The number of aliphatic hydroxyl groups excluding tert-OH is 2. The molecule has 2 unspecified atom stereocenters. The van der Waals surface area contributed by atoms with E-state index >= 15 is 0 Å². The SMILES string of the molecule is CCCCCCCC/C=C\CCCCCCCC(=O)OCCCCCCCCCCCCC/C=C\CCCCCCCCCC(=O)NC(CO)C(O)CCCCCCCCCCC. The highest BCUT2D eigenvalue weighted by Gasteiger charge is 2.20. The Morgan fingerprint density at radius 1 is 0.429 bits per heavy atom. The van der Waals surface area contributed by atoms with Crippen LogP contribution in [0.1, 0.15) is 303 Å². The number of ether oxygens (including phenoxy) is 1. The van der Waals surface area contributed by atoms with Crippen molar-refractivity contribution in [3.8, 4) is 0 Å². The molecule has 0 saturated heterocycles. The van der Waals surface area contributed by atoms with Gasteiger partial charge >= 0.3 is 5.97 Å². The molecule has 0 aromatic carbocycles. The fourth-order valence-electron chi connectivity index (χ4n) is 8.63. The van der Waals surface area contributed by atoms with Crippen LogP contribution in [0, 0.1) is 0 Å². The molecule has 0 aromatic rings. The van der Waals surface area contributed by atoms with E-state index in [-0.39, 0.29) is 18.5 Å². The standard InChI is InChI=1S/C57H109NO5/c1-3-5-7-9-11-13-14-15-24-28-31-35-39-43-47-51-57(62)63-52-48-44-40-36-32-29-26-23-21-19-17-16-18-20-22-25-27-30-34-38-42-46-50-56(61)58-54(53-59)55(60)49-45-41-37-33-12-10-8-6-4-2/h15,18,20,24,54-55,59-60H,3-14,16-17,19,21-23,25-53H2,1-2H3,(H,58,61)/b20-18-,24-15-. The summed E-state index contributed by atoms with van der Waals surface area (Å²) in [7, 11) is 0. The molecule has 0 aliphatic rings. The number of carbonyl (C=O) groups is 2. The number of hydrogen-bond donors (Lipinski definition) is 3. The fraction of sp³-hybridized carbons (Fsp3) is 0.895. The Kier molecular flexibility index (Phi) is 51.6. The van der Waals surface area contributed by atoms with E-state index in [0.29, 0.717) is 25.9 Å². The number of hydrogen-bond acceptors (Lipinski definition) is 5. The number of unbranched alkanes of at least 4 members (excludes halogenated alkanes) is 37. The molecule has 0 spiro atoms. The van der Waals surface area contributed by atoms with Gasteiger partial charge in [-0.15, -0.1) is 0 Å². The number of rotatable bonds is 52. The molecule has 0 aliphatic heterocycles. The van der Waals surface area contributed by atoms with Gasteiger partial charge < -0.3 is 20.3 Å². The summed E-state index contributed by atoms with van der Waals surface area (Å²) in [5, 5.41) is 23.1. The molecular formula is C57H109NO5. The van der Waals surface area contributed by atoms with Gasteiger partial charge in [0.15, 0.2) is 0 Å². The highest BCUT2D eigenvalue weighted by atomic mass is 16.5. The Bertz CT molecular complexity index is 982. The third-order valence-corrected chi connectivity index (χ3v) is 13.0. The van der Waals surface area contributed by atoms with Crippen LogP contribution in [-0.4, -0.2) is 47.4 Å². The van der Waals surface area contributed by atoms with Gasteiger partial charge in [-0.05, 0) is 77.0 Å². The quantitative estimate of drug-likeness (QED) is 0.0321. The van der Waals surface area contributed by atoms with Crippen LogP contribution < -0.4 is 5.32 Å². The number of carbonyl (C=O) groups excluding carboxylic acids is 2. The van der Waals surface area contributed by atoms with E-state index in [1.165, 1.54) is 225 Å². The predicted octanol–water partition coefficient (Wildman–Crippen LogP) is 17.1. The summed E-state index contributed by atoms with van der Waals surface area (Å²) in [6, 6.07) is -0.544. The molecule has 2 atom stereocenters. The van der Waals surface area contributed by atoms with Crippen molar-refractivity contribution in [2.24, 2.45) is 0 Å². The van der Waals surface area contributed by atoms with Crippen molar-refractivity contribution in [3.05, 3.63) is 24.3 Å². The van der Waals surface area contributed by atoms with E-state index in [1.54, 1.807) is 0 Å². The van der Waals surface area contributed by atoms with Gasteiger partial charge in [0.1, 0.15) is 0 Å². The zero-order valence-corrected chi connectivity index (χ0v) is 42.3. The van der Waals surface area contributed by atoms with Crippen LogP contribution in [0.5, 0.6) is 0 Å². The van der Waals surface area contributed by atoms with Crippen molar-refractivity contribution in [2.45, 2.75) is 315 Å². The number of allylic oxidation sites excluding steroid dienone is 4. The summed E-state index contributed by atoms with van der Waals surface area (Å²) in [6.07, 6.45) is 63.2. The van der Waals surface area contributed by atoms with Crippen LogP contribution in [-0.2, 0) is 14.3 Å². The van der Waals surface area contributed by atoms with Gasteiger partial charge in [0.25, 0.3) is 0 Å². The lowest BCUT2D eigenvalue weighted by atomic mass is 10.0. The van der Waals surface area contributed by atoms with Gasteiger partial charge in [0, 0.05) is 12.8 Å². The Morgan fingerprint density at radius 2 is 0.746 bits per heavy atom. The van der Waals surface area contributed by atoms with Crippen LogP contribution in [0.25, 0.3) is 0 Å². The Labute approximate surface area is 392 Å². The molecule has 372 valence electrons. The largest absolute Gasteiger partial charge is 0.466 e. The second-order valence-electron chi connectivity index (χ2n) is 19.3. The summed E-state index contributed by atoms with van der Waals surface area (Å²) in [4.78, 5) is 24.4. The normalized spacial score (nSPS) is 12.8. The van der Waals surface area contributed by atoms with E-state index in [9.17, 15) is 19.8 Å². The maximum atomic E-state index is 12.4. The molecule has 0 fully saturated rings. The molecule has 0 rings (SSSR count). The van der Waals surface area contributed by atoms with Gasteiger partial charge in [-0.1, -0.05) is 237 Å². The van der Waals surface area contributed by atoms with Crippen LogP contribution in [0.4, 0.5) is 0 Å². The Hall–Kier alpha value is -1.66. The molecule has 0 heterocycles. The first-order chi connectivity index (χ1) is 31.0. The summed E-state index contributed by atoms with van der Waals surface area (Å²) < 4.78 is 5.47. The van der Waals surface area contributed by atoms with Crippen LogP contribution in [0.2, 0.25) is 0 Å². The van der Waals surface area contributed by atoms with E-state index in [2.05, 4.69) is 43.5 Å². The molecule has 63 heavy (non-hydrogen) atoms. The Morgan fingerprint density at radius 3 is 1.13 bits per heavy atom. The first-order valence-electron chi connectivity index (χ1n) is 28.1. The Balaban J connectivity index is 3.39. The minimum atomic E-state index is -0.666. The summed E-state index contributed by atoms with van der Waals surface area (Å²) in [6.45, 7) is 4.92. The third-order valence-electron chi connectivity index (χ3n) is 13.0. The van der Waals surface area contributed by atoms with Crippen molar-refractivity contribution >= 4 is 11.9 Å². The van der Waals surface area contributed by atoms with Gasteiger partial charge in [0.2, 0.25) is 5.91 Å². The van der Waals surface area contributed by atoms with Crippen LogP contribution in [0.15, 0.2) is 24.3 Å². The van der Waals surface area contributed by atoms with Crippen molar-refractivity contribution in [3.63, 3.8) is 0 Å². The van der Waals surface area contributed by atoms with Crippen LogP contribution >= 0.6 is 0 Å². The lowest BCUT2D eigenvalue weighted by molar-refractivity contribution is -0.143. The lowest BCUT2D eigenvalue weighted by Gasteiger charge is -2.22. The predicted molar refractivity (Wildman–Crippen MR) is 273 cm³/mol. The molecule has 3 N–H and O–H groups in total. The maximum Gasteiger partial charge on any atom is 0.305 e. The third kappa shape index (κ3) is 49.6. The van der Waals surface area contributed by atoms with Gasteiger partial charge in [-0.2, -0.15) is 0 Å². The highest BCUT2D eigenvalue weighted by Crippen LogP contribution is 2.16. The molecule has 0 aromatic heterocycles. The number of aliphatic hydroxyl groups is 2. The zero-order chi connectivity index (χ0) is 45.8. The molecule has 0 aliphatic carbocycles. The average Bonchev–Trinajstić information content (AvgIpc) is 3.28. The van der Waals surface area contributed by atoms with E-state index in [1.807, 2.05) is 0 Å². The van der Waals surface area contributed by atoms with Gasteiger partial charge in [-0.25, -0.2) is 0 Å². The second kappa shape index (κ2) is 53.0. The topological polar surface area (TPSA) is 95.9 Å². The second-order valence-corrected chi connectivity index (χ2v) is 19.3. The highest BCUT2D eigenvalue weighted by molar-refractivity contribution is 5.76. The first-order valence-corrected chi connectivity index (χ1v) is 28.1. The van der Waals surface area contributed by atoms with Gasteiger partial charge in [-0.3, -0.25) is 9.59 Å². The van der Waals surface area contributed by atoms with Crippen LogP contribution in [0.3, 0.4) is 0 Å². The molecule has 0 bridgehead atoms. The first kappa shape index (κ1) is 61.3. The minimum absolute atomic E-state index is 0.00184. The summed E-state index contributed by atoms with van der Waals surface area (Å²) in [5.41, 5.74) is 0. The number of nitrogens with one attached hydrogen (secondary N) is 1. The average molecular weight is 889 g/mol.